The number of hydrogen-bond donors (Lipinski definition) is 1. The minimum Gasteiger partial charge on any atom is -0.496 e. The fraction of sp³-hybridized carbons (Fsp3) is 0.0952. The van der Waals surface area contributed by atoms with Crippen LogP contribution in [0.1, 0.15) is 16.2 Å². The lowest BCUT2D eigenvalue weighted by atomic mass is 10.1. The predicted molar refractivity (Wildman–Crippen MR) is 104 cm³/mol. The first-order valence-corrected chi connectivity index (χ1v) is 8.83. The van der Waals surface area contributed by atoms with E-state index in [9.17, 15) is 18.0 Å². The van der Waals surface area contributed by atoms with Crippen LogP contribution in [0.5, 0.6) is 5.75 Å². The minimum absolute atomic E-state index is 0.145. The molecule has 30 heavy (non-hydrogen) atoms. The summed E-state index contributed by atoms with van der Waals surface area (Å²) in [5, 5.41) is 10.5. The molecule has 0 fully saturated rings. The molecule has 0 aliphatic carbocycles. The summed E-state index contributed by atoms with van der Waals surface area (Å²) in [5.41, 5.74) is 0.579. The Labute approximate surface area is 168 Å². The highest BCUT2D eigenvalue weighted by Crippen LogP contribution is 2.33. The van der Waals surface area contributed by atoms with E-state index in [1.54, 1.807) is 17.5 Å². The molecular formula is C21H15F3N4O2. The first kappa shape index (κ1) is 19.4. The van der Waals surface area contributed by atoms with E-state index in [1.807, 2.05) is 0 Å². The molecule has 6 nitrogen and oxygen atoms in total. The molecule has 0 bridgehead atoms. The highest BCUT2D eigenvalue weighted by atomic mass is 19.1. The van der Waals surface area contributed by atoms with Crippen LogP contribution < -0.4 is 10.1 Å². The maximum Gasteiger partial charge on any atom is 0.261 e. The molecular weight excluding hydrogens is 397 g/mol. The molecule has 2 aromatic carbocycles. The zero-order chi connectivity index (χ0) is 21.4. The van der Waals surface area contributed by atoms with E-state index in [2.05, 4.69) is 15.5 Å². The Morgan fingerprint density at radius 3 is 2.50 bits per heavy atom. The number of aromatic nitrogens is 3. The SMILES string of the molecule is COc1ccc(F)cc1-c1cc(NC(=O)c2c(F)cccc2F)c2nnc(C)n2c1. The van der Waals surface area contributed by atoms with Gasteiger partial charge in [-0.3, -0.25) is 9.20 Å². The summed E-state index contributed by atoms with van der Waals surface area (Å²) in [6.45, 7) is 1.69. The number of methoxy groups -OCH3 is 1. The molecule has 4 aromatic rings. The Balaban J connectivity index is 1.87. The second-order valence-electron chi connectivity index (χ2n) is 6.48. The van der Waals surface area contributed by atoms with E-state index >= 15 is 0 Å². The van der Waals surface area contributed by atoms with Crippen LogP contribution in [0.15, 0.2) is 48.7 Å². The number of anilines is 1. The van der Waals surface area contributed by atoms with Gasteiger partial charge in [-0.1, -0.05) is 6.07 Å². The number of fused-ring (bicyclic) bond motifs is 1. The first-order chi connectivity index (χ1) is 14.4. The van der Waals surface area contributed by atoms with Crippen LogP contribution in [0, 0.1) is 24.4 Å². The van der Waals surface area contributed by atoms with Gasteiger partial charge in [-0.15, -0.1) is 10.2 Å². The van der Waals surface area contributed by atoms with Crippen molar-refractivity contribution in [2.75, 3.05) is 12.4 Å². The maximum atomic E-state index is 14.0. The van der Waals surface area contributed by atoms with E-state index < -0.39 is 28.9 Å². The number of rotatable bonds is 4. The zero-order valence-electron chi connectivity index (χ0n) is 15.9. The Bertz CT molecular complexity index is 1270. The number of halogens is 3. The van der Waals surface area contributed by atoms with Crippen molar-refractivity contribution >= 4 is 17.2 Å². The van der Waals surface area contributed by atoms with Crippen LogP contribution in [0.3, 0.4) is 0 Å². The Morgan fingerprint density at radius 1 is 1.07 bits per heavy atom. The van der Waals surface area contributed by atoms with Gasteiger partial charge >= 0.3 is 0 Å². The average molecular weight is 412 g/mol. The molecule has 1 N–H and O–H groups in total. The van der Waals surface area contributed by atoms with Crippen molar-refractivity contribution < 1.29 is 22.7 Å². The number of amides is 1. The number of ether oxygens (including phenoxy) is 1. The lowest BCUT2D eigenvalue weighted by Gasteiger charge is -2.13. The first-order valence-electron chi connectivity index (χ1n) is 8.83. The molecule has 4 rings (SSSR count). The summed E-state index contributed by atoms with van der Waals surface area (Å²) in [7, 11) is 1.45. The molecule has 0 atom stereocenters. The third-order valence-electron chi connectivity index (χ3n) is 4.59. The van der Waals surface area contributed by atoms with Crippen LogP contribution in [0.2, 0.25) is 0 Å². The monoisotopic (exact) mass is 412 g/mol. The Kier molecular flexibility index (Phi) is 4.86. The molecule has 0 spiro atoms. The quantitative estimate of drug-likeness (QED) is 0.540. The fourth-order valence-corrected chi connectivity index (χ4v) is 3.15. The summed E-state index contributed by atoms with van der Waals surface area (Å²) in [6.07, 6.45) is 1.65. The highest BCUT2D eigenvalue weighted by Gasteiger charge is 2.20. The van der Waals surface area contributed by atoms with Gasteiger partial charge in [0.1, 0.15) is 34.6 Å². The third kappa shape index (κ3) is 3.34. The van der Waals surface area contributed by atoms with E-state index in [0.717, 1.165) is 12.1 Å². The fourth-order valence-electron chi connectivity index (χ4n) is 3.15. The second kappa shape index (κ2) is 7.51. The van der Waals surface area contributed by atoms with Crippen molar-refractivity contribution in [1.82, 2.24) is 14.6 Å². The Hall–Kier alpha value is -3.88. The Morgan fingerprint density at radius 2 is 1.80 bits per heavy atom. The van der Waals surface area contributed by atoms with E-state index in [4.69, 9.17) is 4.74 Å². The molecule has 2 heterocycles. The number of carbonyl (C=O) groups is 1. The zero-order valence-corrected chi connectivity index (χ0v) is 15.9. The number of nitrogens with one attached hydrogen (secondary N) is 1. The third-order valence-corrected chi connectivity index (χ3v) is 4.59. The van der Waals surface area contributed by atoms with Crippen molar-refractivity contribution in [3.8, 4) is 16.9 Å². The normalized spacial score (nSPS) is 11.0. The number of benzene rings is 2. The van der Waals surface area contributed by atoms with Crippen LogP contribution in [-0.4, -0.2) is 27.6 Å². The molecule has 0 aliphatic heterocycles. The van der Waals surface area contributed by atoms with Crippen molar-refractivity contribution in [3.63, 3.8) is 0 Å². The molecule has 1 amide bonds. The van der Waals surface area contributed by atoms with Gasteiger partial charge in [-0.05, 0) is 43.3 Å². The van der Waals surface area contributed by atoms with Crippen LogP contribution in [0.4, 0.5) is 18.9 Å². The van der Waals surface area contributed by atoms with Crippen LogP contribution in [-0.2, 0) is 0 Å². The molecule has 0 aliphatic rings. The highest BCUT2D eigenvalue weighted by molar-refractivity contribution is 6.06. The van der Waals surface area contributed by atoms with Gasteiger partial charge in [-0.25, -0.2) is 13.2 Å². The lowest BCUT2D eigenvalue weighted by molar-refractivity contribution is 0.101. The van der Waals surface area contributed by atoms with Crippen molar-refractivity contribution in [1.29, 1.82) is 0 Å². The summed E-state index contributed by atoms with van der Waals surface area (Å²) in [4.78, 5) is 12.6. The largest absolute Gasteiger partial charge is 0.496 e. The molecule has 0 radical (unpaired) electrons. The van der Waals surface area contributed by atoms with Gasteiger partial charge < -0.3 is 10.1 Å². The molecule has 2 aromatic heterocycles. The number of pyridine rings is 1. The van der Waals surface area contributed by atoms with Gasteiger partial charge in [0, 0.05) is 17.3 Å². The van der Waals surface area contributed by atoms with Gasteiger partial charge in [-0.2, -0.15) is 0 Å². The summed E-state index contributed by atoms with van der Waals surface area (Å²) in [5.74, 6) is -2.57. The number of nitrogens with zero attached hydrogens (tertiary/aromatic N) is 3. The van der Waals surface area contributed by atoms with E-state index in [-0.39, 0.29) is 11.3 Å². The minimum atomic E-state index is -0.996. The standard InChI is InChI=1S/C21H15F3N4O2/c1-11-26-27-20-17(25-21(29)19-15(23)4-3-5-16(19)24)8-12(10-28(11)20)14-9-13(22)6-7-18(14)30-2/h3-10H,1-2H3,(H,25,29). The molecule has 9 heteroatoms. The summed E-state index contributed by atoms with van der Waals surface area (Å²) < 4.78 is 48.8. The van der Waals surface area contributed by atoms with Gasteiger partial charge in [0.2, 0.25) is 0 Å². The van der Waals surface area contributed by atoms with Crippen LogP contribution >= 0.6 is 0 Å². The average Bonchev–Trinajstić information content (AvgIpc) is 3.09. The lowest BCUT2D eigenvalue weighted by Crippen LogP contribution is -2.16. The second-order valence-corrected chi connectivity index (χ2v) is 6.48. The number of carbonyl (C=O) groups excluding carboxylic acids is 1. The van der Waals surface area contributed by atoms with Crippen LogP contribution in [0.25, 0.3) is 16.8 Å². The molecule has 0 saturated heterocycles. The van der Waals surface area contributed by atoms with Crippen molar-refractivity contribution in [2.24, 2.45) is 0 Å². The van der Waals surface area contributed by atoms with E-state index in [0.29, 0.717) is 22.7 Å². The number of hydrogen-bond acceptors (Lipinski definition) is 4. The molecule has 152 valence electrons. The molecule has 0 saturated carbocycles. The van der Waals surface area contributed by atoms with Gasteiger partial charge in [0.05, 0.1) is 12.8 Å². The summed E-state index contributed by atoms with van der Waals surface area (Å²) in [6, 6.07) is 8.67. The topological polar surface area (TPSA) is 68.5 Å². The van der Waals surface area contributed by atoms with Gasteiger partial charge in [0.25, 0.3) is 5.91 Å². The number of aryl methyl sites for hydroxylation is 1. The smallest absolute Gasteiger partial charge is 0.261 e. The van der Waals surface area contributed by atoms with E-state index in [1.165, 1.54) is 37.4 Å². The molecule has 0 unspecified atom stereocenters. The predicted octanol–water partition coefficient (Wildman–Crippen LogP) is 4.38. The van der Waals surface area contributed by atoms with Gasteiger partial charge in [0.15, 0.2) is 5.65 Å². The maximum absolute atomic E-state index is 14.0. The van der Waals surface area contributed by atoms with Crippen molar-refractivity contribution in [2.45, 2.75) is 6.92 Å². The van der Waals surface area contributed by atoms with Crippen molar-refractivity contribution in [3.05, 3.63) is 77.5 Å². The summed E-state index contributed by atoms with van der Waals surface area (Å²) >= 11 is 0.